The fourth-order valence-corrected chi connectivity index (χ4v) is 3.42. The molecule has 3 rings (SSSR count). The lowest BCUT2D eigenvalue weighted by molar-refractivity contribution is -0.155. The van der Waals surface area contributed by atoms with Crippen LogP contribution in [0.4, 0.5) is 4.39 Å². The van der Waals surface area contributed by atoms with Gasteiger partial charge in [-0.1, -0.05) is 12.1 Å². The van der Waals surface area contributed by atoms with E-state index in [4.69, 9.17) is 9.47 Å². The highest BCUT2D eigenvalue weighted by atomic mass is 19.1. The third-order valence-electron chi connectivity index (χ3n) is 4.82. The molecule has 0 radical (unpaired) electrons. The van der Waals surface area contributed by atoms with Gasteiger partial charge in [-0.15, -0.1) is 0 Å². The van der Waals surface area contributed by atoms with Crippen LogP contribution in [-0.2, 0) is 14.3 Å². The highest BCUT2D eigenvalue weighted by molar-refractivity contribution is 5.91. The molecule has 6 nitrogen and oxygen atoms in total. The smallest absolute Gasteiger partial charge is 0.340 e. The van der Waals surface area contributed by atoms with Crippen molar-refractivity contribution in [1.29, 1.82) is 0 Å². The summed E-state index contributed by atoms with van der Waals surface area (Å²) in [5, 5.41) is 0. The summed E-state index contributed by atoms with van der Waals surface area (Å²) in [6, 6.07) is 13.1. The van der Waals surface area contributed by atoms with Gasteiger partial charge >= 0.3 is 11.9 Å². The van der Waals surface area contributed by atoms with Crippen LogP contribution in [0.2, 0.25) is 0 Å². The molecule has 0 fully saturated rings. The van der Waals surface area contributed by atoms with Gasteiger partial charge in [-0.2, -0.15) is 0 Å². The minimum atomic E-state index is -0.778. The zero-order chi connectivity index (χ0) is 23.5. The zero-order valence-corrected chi connectivity index (χ0v) is 18.7. The number of aromatic nitrogens is 1. The maximum Gasteiger partial charge on any atom is 0.340 e. The first kappa shape index (κ1) is 23.1. The van der Waals surface area contributed by atoms with Crippen LogP contribution >= 0.6 is 0 Å². The van der Waals surface area contributed by atoms with Crippen molar-refractivity contribution in [2.75, 3.05) is 14.2 Å². The van der Waals surface area contributed by atoms with Crippen molar-refractivity contribution in [3.8, 4) is 16.9 Å². The normalized spacial score (nSPS) is 12.2. The van der Waals surface area contributed by atoms with Crippen molar-refractivity contribution < 1.29 is 28.2 Å². The van der Waals surface area contributed by atoms with Crippen LogP contribution in [0.3, 0.4) is 0 Å². The molecule has 0 amide bonds. The lowest BCUT2D eigenvalue weighted by atomic mass is 9.91. The van der Waals surface area contributed by atoms with E-state index in [1.807, 2.05) is 0 Å². The predicted octanol–water partition coefficient (Wildman–Crippen LogP) is 5.09. The van der Waals surface area contributed by atoms with Crippen LogP contribution < -0.4 is 4.74 Å². The fourth-order valence-electron chi connectivity index (χ4n) is 3.42. The van der Waals surface area contributed by atoms with Crippen molar-refractivity contribution >= 4 is 11.9 Å². The van der Waals surface area contributed by atoms with Crippen molar-refractivity contribution in [3.63, 3.8) is 0 Å². The van der Waals surface area contributed by atoms with Gasteiger partial charge in [-0.05, 0) is 68.3 Å². The standard InChI is InChI=1S/C25H26FNO5/c1-25(2,3)32-24(29)22(20-7-6-12-27-20)18-14-16(9-11-21(18)30-4)15-8-10-19(26)17(13-15)23(28)31-5/h6-14,22,27H,1-5H3. The summed E-state index contributed by atoms with van der Waals surface area (Å²) in [6.45, 7) is 5.41. The van der Waals surface area contributed by atoms with Gasteiger partial charge in [0.05, 0.1) is 19.8 Å². The Hall–Kier alpha value is -3.61. The zero-order valence-electron chi connectivity index (χ0n) is 18.7. The van der Waals surface area contributed by atoms with E-state index in [1.165, 1.54) is 26.4 Å². The predicted molar refractivity (Wildman–Crippen MR) is 118 cm³/mol. The summed E-state index contributed by atoms with van der Waals surface area (Å²) >= 11 is 0. The molecule has 0 saturated carbocycles. The molecule has 0 aliphatic rings. The Bertz CT molecular complexity index is 1120. The van der Waals surface area contributed by atoms with Gasteiger partial charge in [0.15, 0.2) is 0 Å². The van der Waals surface area contributed by atoms with E-state index >= 15 is 0 Å². The maximum absolute atomic E-state index is 14.1. The van der Waals surface area contributed by atoms with Crippen molar-refractivity contribution in [2.45, 2.75) is 32.3 Å². The van der Waals surface area contributed by atoms with Crippen LogP contribution in [0.1, 0.15) is 48.3 Å². The molecule has 7 heteroatoms. The lowest BCUT2D eigenvalue weighted by Crippen LogP contribution is -2.28. The van der Waals surface area contributed by atoms with E-state index < -0.39 is 29.3 Å². The van der Waals surface area contributed by atoms with Crippen LogP contribution in [0.15, 0.2) is 54.7 Å². The third-order valence-corrected chi connectivity index (χ3v) is 4.82. The highest BCUT2D eigenvalue weighted by Gasteiger charge is 2.31. The molecule has 1 atom stereocenters. The lowest BCUT2D eigenvalue weighted by Gasteiger charge is -2.25. The van der Waals surface area contributed by atoms with Crippen LogP contribution in [0.25, 0.3) is 11.1 Å². The monoisotopic (exact) mass is 439 g/mol. The number of halogens is 1. The number of rotatable bonds is 6. The molecule has 1 N–H and O–H groups in total. The number of benzene rings is 2. The molecule has 0 spiro atoms. The number of nitrogens with one attached hydrogen (secondary N) is 1. The summed E-state index contributed by atoms with van der Waals surface area (Å²) in [6.07, 6.45) is 1.73. The van der Waals surface area contributed by atoms with E-state index in [0.717, 1.165) is 0 Å². The average molecular weight is 439 g/mol. The van der Waals surface area contributed by atoms with Gasteiger partial charge in [0.25, 0.3) is 0 Å². The van der Waals surface area contributed by atoms with Gasteiger partial charge in [0.2, 0.25) is 0 Å². The van der Waals surface area contributed by atoms with Gasteiger partial charge in [0.1, 0.15) is 23.1 Å². The topological polar surface area (TPSA) is 77.6 Å². The van der Waals surface area contributed by atoms with Gasteiger partial charge in [-0.25, -0.2) is 9.18 Å². The summed E-state index contributed by atoms with van der Waals surface area (Å²) in [4.78, 5) is 28.2. The summed E-state index contributed by atoms with van der Waals surface area (Å²) < 4.78 is 30.0. The van der Waals surface area contributed by atoms with Crippen molar-refractivity contribution in [2.24, 2.45) is 0 Å². The minimum Gasteiger partial charge on any atom is -0.496 e. The number of H-pyrrole nitrogens is 1. The number of methoxy groups -OCH3 is 2. The minimum absolute atomic E-state index is 0.171. The van der Waals surface area contributed by atoms with E-state index in [2.05, 4.69) is 9.72 Å². The van der Waals surface area contributed by atoms with E-state index in [1.54, 1.807) is 63.4 Å². The second-order valence-electron chi connectivity index (χ2n) is 8.23. The number of aromatic amines is 1. The van der Waals surface area contributed by atoms with E-state index in [-0.39, 0.29) is 5.56 Å². The highest BCUT2D eigenvalue weighted by Crippen LogP contribution is 2.37. The molecule has 2 aromatic carbocycles. The molecule has 1 unspecified atom stereocenters. The number of hydrogen-bond acceptors (Lipinski definition) is 5. The number of carbonyl (C=O) groups is 2. The molecule has 3 aromatic rings. The van der Waals surface area contributed by atoms with Crippen LogP contribution in [0.5, 0.6) is 5.75 Å². The van der Waals surface area contributed by atoms with Crippen molar-refractivity contribution in [3.05, 3.63) is 77.4 Å². The molecular formula is C25H26FNO5. The van der Waals surface area contributed by atoms with Gasteiger partial charge in [0, 0.05) is 17.5 Å². The number of hydrogen-bond donors (Lipinski definition) is 1. The second-order valence-corrected chi connectivity index (χ2v) is 8.23. The van der Waals surface area contributed by atoms with Crippen molar-refractivity contribution in [1.82, 2.24) is 4.98 Å². The van der Waals surface area contributed by atoms with Gasteiger partial charge < -0.3 is 19.2 Å². The SMILES string of the molecule is COC(=O)c1cc(-c2ccc(OC)c(C(C(=O)OC(C)(C)C)c3ccc[nH]3)c2)ccc1F. The Labute approximate surface area is 186 Å². The molecule has 0 aliphatic carbocycles. The Morgan fingerprint density at radius 3 is 2.28 bits per heavy atom. The molecule has 1 heterocycles. The Morgan fingerprint density at radius 2 is 1.69 bits per heavy atom. The second kappa shape index (κ2) is 9.26. The average Bonchev–Trinajstić information content (AvgIpc) is 3.26. The Kier molecular flexibility index (Phi) is 6.67. The molecule has 32 heavy (non-hydrogen) atoms. The number of ether oxygens (including phenoxy) is 3. The summed E-state index contributed by atoms with van der Waals surface area (Å²) in [7, 11) is 2.72. The molecule has 0 bridgehead atoms. The first-order valence-electron chi connectivity index (χ1n) is 10.1. The number of esters is 2. The maximum atomic E-state index is 14.1. The first-order chi connectivity index (χ1) is 15.1. The molecule has 0 saturated heterocycles. The molecule has 0 aliphatic heterocycles. The van der Waals surface area contributed by atoms with E-state index in [9.17, 15) is 14.0 Å². The first-order valence-corrected chi connectivity index (χ1v) is 10.1. The third kappa shape index (κ3) is 4.99. The molecule has 1 aromatic heterocycles. The summed E-state index contributed by atoms with van der Waals surface area (Å²) in [5.41, 5.74) is 1.63. The van der Waals surface area contributed by atoms with Crippen LogP contribution in [0, 0.1) is 5.82 Å². The number of carbonyl (C=O) groups excluding carboxylic acids is 2. The fraction of sp³-hybridized carbons (Fsp3) is 0.280. The quantitative estimate of drug-likeness (QED) is 0.542. The Morgan fingerprint density at radius 1 is 1.00 bits per heavy atom. The largest absolute Gasteiger partial charge is 0.496 e. The summed E-state index contributed by atoms with van der Waals surface area (Å²) in [5.74, 6) is -2.16. The Balaban J connectivity index is 2.14. The van der Waals surface area contributed by atoms with Gasteiger partial charge in [-0.3, -0.25) is 4.79 Å². The molecular weight excluding hydrogens is 413 g/mol. The van der Waals surface area contributed by atoms with E-state index in [0.29, 0.717) is 28.1 Å². The molecule has 168 valence electrons. The van der Waals surface area contributed by atoms with Crippen LogP contribution in [-0.4, -0.2) is 36.7 Å².